The standard InChI is InChI=1S/C7H5O.2C6H15P.Ni/c8-6-7-4-2-1-3-5-7;2*1-4-7(5-2)6-3;/h1-5H;2*4-6H2,1-3H3;/q-1;;;. The van der Waals surface area contributed by atoms with E-state index >= 15 is 0 Å². The van der Waals surface area contributed by atoms with Crippen LogP contribution in [-0.4, -0.2) is 43.3 Å². The van der Waals surface area contributed by atoms with E-state index in [9.17, 15) is 4.79 Å². The molecule has 1 aromatic carbocycles. The van der Waals surface area contributed by atoms with Crippen LogP contribution in [0.3, 0.4) is 0 Å². The summed E-state index contributed by atoms with van der Waals surface area (Å²) in [6.07, 6.45) is 10.3. The molecule has 0 bridgehead atoms. The predicted molar refractivity (Wildman–Crippen MR) is 108 cm³/mol. The van der Waals surface area contributed by atoms with E-state index in [2.05, 4.69) is 41.5 Å². The van der Waals surface area contributed by atoms with E-state index in [1.165, 1.54) is 37.0 Å². The molecule has 0 atom stereocenters. The maximum Gasteiger partial charge on any atom is 0.0627 e. The third-order valence-corrected chi connectivity index (χ3v) is 8.94. The number of benzene rings is 1. The van der Waals surface area contributed by atoms with Crippen molar-refractivity contribution in [2.75, 3.05) is 37.0 Å². The minimum atomic E-state index is 0. The quantitative estimate of drug-likeness (QED) is 0.303. The first kappa shape index (κ1) is 28.1. The van der Waals surface area contributed by atoms with E-state index in [1.54, 1.807) is 30.6 Å². The fourth-order valence-electron chi connectivity index (χ4n) is 1.85. The molecule has 0 spiro atoms. The summed E-state index contributed by atoms with van der Waals surface area (Å²) in [4.78, 5) is 9.88. The molecular formula is C19H35NiOP2-. The molecule has 1 nitrogen and oxygen atoms in total. The van der Waals surface area contributed by atoms with Crippen LogP contribution in [0.25, 0.3) is 0 Å². The van der Waals surface area contributed by atoms with Crippen molar-refractivity contribution in [2.45, 2.75) is 41.5 Å². The fraction of sp³-hybridized carbons (Fsp3) is 0.632. The zero-order valence-electron chi connectivity index (χ0n) is 15.7. The number of hydrogen-bond acceptors (Lipinski definition) is 1. The van der Waals surface area contributed by atoms with Crippen molar-refractivity contribution in [3.05, 3.63) is 35.9 Å². The van der Waals surface area contributed by atoms with Crippen molar-refractivity contribution in [3.63, 3.8) is 0 Å². The molecule has 0 saturated carbocycles. The molecule has 0 unspecified atom stereocenters. The van der Waals surface area contributed by atoms with Gasteiger partial charge in [-0.25, -0.2) is 0 Å². The van der Waals surface area contributed by atoms with Gasteiger partial charge in [0.05, 0.1) is 6.29 Å². The maximum atomic E-state index is 9.88. The van der Waals surface area contributed by atoms with Crippen LogP contribution in [0.2, 0.25) is 0 Å². The normalized spacial score (nSPS) is 9.22. The second-order valence-corrected chi connectivity index (χ2v) is 11.2. The van der Waals surface area contributed by atoms with E-state index in [0.717, 1.165) is 0 Å². The van der Waals surface area contributed by atoms with Crippen LogP contribution in [0.15, 0.2) is 30.3 Å². The van der Waals surface area contributed by atoms with Crippen molar-refractivity contribution >= 4 is 22.1 Å². The summed E-state index contributed by atoms with van der Waals surface area (Å²) in [6, 6.07) is 8.90. The Morgan fingerprint density at radius 1 is 0.696 bits per heavy atom. The van der Waals surface area contributed by atoms with Crippen molar-refractivity contribution in [3.8, 4) is 0 Å². The van der Waals surface area contributed by atoms with Gasteiger partial charge >= 0.3 is 0 Å². The Balaban J connectivity index is -0.000000257. The Morgan fingerprint density at radius 3 is 1.13 bits per heavy atom. The molecule has 0 heterocycles. The Morgan fingerprint density at radius 2 is 1.00 bits per heavy atom. The Kier molecular flexibility index (Phi) is 27.1. The van der Waals surface area contributed by atoms with Crippen LogP contribution in [0.5, 0.6) is 0 Å². The van der Waals surface area contributed by atoms with Gasteiger partial charge in [0, 0.05) is 16.5 Å². The van der Waals surface area contributed by atoms with Gasteiger partial charge in [-0.3, -0.25) is 0 Å². The van der Waals surface area contributed by atoms with Gasteiger partial charge in [0.1, 0.15) is 0 Å². The first-order valence-electron chi connectivity index (χ1n) is 8.50. The largest absolute Gasteiger partial charge is 0.376 e. The summed E-state index contributed by atoms with van der Waals surface area (Å²) < 4.78 is 0. The molecule has 4 heteroatoms. The van der Waals surface area contributed by atoms with Gasteiger partial charge in [0.2, 0.25) is 0 Å². The van der Waals surface area contributed by atoms with E-state index in [0.29, 0.717) is 21.4 Å². The van der Waals surface area contributed by atoms with Crippen LogP contribution in [0.1, 0.15) is 47.1 Å². The van der Waals surface area contributed by atoms with E-state index in [-0.39, 0.29) is 16.5 Å². The third-order valence-electron chi connectivity index (χ3n) is 3.57. The zero-order valence-corrected chi connectivity index (χ0v) is 18.5. The number of carbonyl (C=O) groups excluding carboxylic acids is 1. The molecule has 1 rings (SSSR count). The second kappa shape index (κ2) is 22.2. The Bertz CT molecular complexity index is 302. The molecule has 1 aromatic rings. The van der Waals surface area contributed by atoms with Gasteiger partial charge in [-0.15, -0.1) is 28.0 Å². The van der Waals surface area contributed by atoms with Gasteiger partial charge in [-0.05, 0) is 37.0 Å². The van der Waals surface area contributed by atoms with Gasteiger partial charge in [-0.1, -0.05) is 47.6 Å². The molecule has 0 aliphatic rings. The fourth-order valence-corrected chi connectivity index (χ4v) is 4.53. The van der Waals surface area contributed by atoms with E-state index in [1.807, 2.05) is 6.07 Å². The summed E-state index contributed by atoms with van der Waals surface area (Å²) in [7, 11) is 0.892. The molecule has 0 aromatic heterocycles. The topological polar surface area (TPSA) is 17.1 Å². The smallest absolute Gasteiger partial charge is 0.0627 e. The van der Waals surface area contributed by atoms with Crippen molar-refractivity contribution < 1.29 is 21.3 Å². The number of rotatable bonds is 7. The molecule has 0 N–H and O–H groups in total. The SMILES string of the molecule is CCP(CC)CC.CCP(CC)CC.O=[C-]c1ccccc1.[Ni]. The van der Waals surface area contributed by atoms with Gasteiger partial charge < -0.3 is 4.79 Å². The van der Waals surface area contributed by atoms with Crippen LogP contribution in [0, 0.1) is 0 Å². The minimum Gasteiger partial charge on any atom is -0.376 e. The second-order valence-electron chi connectivity index (χ2n) is 4.71. The summed E-state index contributed by atoms with van der Waals surface area (Å²) in [6.45, 7) is 13.7. The van der Waals surface area contributed by atoms with E-state index < -0.39 is 0 Å². The van der Waals surface area contributed by atoms with Gasteiger partial charge in [0.25, 0.3) is 0 Å². The molecule has 0 amide bonds. The first-order chi connectivity index (χ1) is 10.6. The van der Waals surface area contributed by atoms with Crippen LogP contribution >= 0.6 is 15.8 Å². The molecule has 0 aliphatic carbocycles. The monoisotopic (exact) mass is 399 g/mol. The van der Waals surface area contributed by atoms with Crippen molar-refractivity contribution in [2.24, 2.45) is 0 Å². The Labute approximate surface area is 157 Å². The third kappa shape index (κ3) is 18.4. The molecule has 23 heavy (non-hydrogen) atoms. The van der Waals surface area contributed by atoms with Crippen LogP contribution in [0.4, 0.5) is 0 Å². The molecule has 0 aliphatic heterocycles. The molecule has 0 fully saturated rings. The molecule has 0 radical (unpaired) electrons. The van der Waals surface area contributed by atoms with E-state index in [4.69, 9.17) is 0 Å². The van der Waals surface area contributed by atoms with Crippen LogP contribution < -0.4 is 0 Å². The summed E-state index contributed by atoms with van der Waals surface area (Å²) in [5, 5.41) is 0. The summed E-state index contributed by atoms with van der Waals surface area (Å²) in [5.41, 5.74) is 0.604. The molecule has 0 saturated heterocycles. The average Bonchev–Trinajstić information content (AvgIpc) is 2.60. The van der Waals surface area contributed by atoms with Crippen molar-refractivity contribution in [1.82, 2.24) is 0 Å². The molecule has 138 valence electrons. The Hall–Kier alpha value is 0.244. The first-order valence-corrected chi connectivity index (χ1v) is 12.3. The van der Waals surface area contributed by atoms with Crippen molar-refractivity contribution in [1.29, 1.82) is 0 Å². The van der Waals surface area contributed by atoms with Crippen LogP contribution in [-0.2, 0) is 21.3 Å². The summed E-state index contributed by atoms with van der Waals surface area (Å²) >= 11 is 0. The number of hydrogen-bond donors (Lipinski definition) is 0. The molecular weight excluding hydrogens is 365 g/mol. The summed E-state index contributed by atoms with van der Waals surface area (Å²) in [5.74, 6) is 0. The zero-order chi connectivity index (χ0) is 17.2. The average molecular weight is 400 g/mol. The maximum absolute atomic E-state index is 9.88. The van der Waals surface area contributed by atoms with Gasteiger partial charge in [0.15, 0.2) is 0 Å². The predicted octanol–water partition coefficient (Wildman–Crippen LogP) is 6.20. The van der Waals surface area contributed by atoms with Gasteiger partial charge in [-0.2, -0.15) is 17.7 Å². The minimum absolute atomic E-state index is 0.